The fourth-order valence-electron chi connectivity index (χ4n) is 4.09. The quantitative estimate of drug-likeness (QED) is 0.516. The van der Waals surface area contributed by atoms with E-state index >= 15 is 0 Å². The molecule has 0 bridgehead atoms. The summed E-state index contributed by atoms with van der Waals surface area (Å²) in [5.41, 5.74) is 7.11. The van der Waals surface area contributed by atoms with E-state index < -0.39 is 0 Å². The minimum Gasteiger partial charge on any atom is -0.378 e. The number of piperidine rings is 1. The highest BCUT2D eigenvalue weighted by atomic mass is 16.5. The van der Waals surface area contributed by atoms with Crippen molar-refractivity contribution < 1.29 is 9.53 Å². The summed E-state index contributed by atoms with van der Waals surface area (Å²) in [5, 5.41) is 1.29. The molecular formula is C23H27N3O3. The molecule has 3 aromatic rings. The van der Waals surface area contributed by atoms with Crippen LogP contribution in [0.5, 0.6) is 0 Å². The van der Waals surface area contributed by atoms with Crippen molar-refractivity contribution in [2.45, 2.75) is 31.9 Å². The number of para-hydroxylation sites is 2. The van der Waals surface area contributed by atoms with Gasteiger partial charge in [0.2, 0.25) is 5.91 Å². The predicted molar refractivity (Wildman–Crippen MR) is 115 cm³/mol. The summed E-state index contributed by atoms with van der Waals surface area (Å²) in [5.74, 6) is 0.0735. The number of nitrogens with two attached hydrogens (primary N) is 1. The van der Waals surface area contributed by atoms with Gasteiger partial charge in [-0.05, 0) is 50.1 Å². The summed E-state index contributed by atoms with van der Waals surface area (Å²) < 4.78 is 7.81. The van der Waals surface area contributed by atoms with Crippen LogP contribution < -0.4 is 11.2 Å². The third kappa shape index (κ3) is 4.04. The first-order valence-electron chi connectivity index (χ1n) is 10.3. The molecule has 1 fully saturated rings. The van der Waals surface area contributed by atoms with Crippen LogP contribution in [0.1, 0.15) is 19.3 Å². The summed E-state index contributed by atoms with van der Waals surface area (Å²) in [6.07, 6.45) is 2.77. The second-order valence-corrected chi connectivity index (χ2v) is 7.54. The van der Waals surface area contributed by atoms with Crippen molar-refractivity contribution >= 4 is 27.7 Å². The molecule has 1 amide bonds. The third-order valence-corrected chi connectivity index (χ3v) is 5.67. The predicted octanol–water partition coefficient (Wildman–Crippen LogP) is 2.51. The lowest BCUT2D eigenvalue weighted by atomic mass is 10.1. The minimum atomic E-state index is 0.00958. The number of hydrogen-bond donors (Lipinski definition) is 1. The van der Waals surface area contributed by atoms with Crippen LogP contribution in [0.25, 0.3) is 21.8 Å². The summed E-state index contributed by atoms with van der Waals surface area (Å²) in [6, 6.07) is 15.0. The molecule has 2 aromatic carbocycles. The van der Waals surface area contributed by atoms with Crippen molar-refractivity contribution in [3.8, 4) is 0 Å². The number of nitrogens with zero attached hydrogens (tertiary/aromatic N) is 2. The van der Waals surface area contributed by atoms with E-state index in [0.717, 1.165) is 30.3 Å². The fourth-order valence-corrected chi connectivity index (χ4v) is 4.09. The Morgan fingerprint density at radius 2 is 1.59 bits per heavy atom. The number of likely N-dealkylation sites (tertiary alicyclic amines) is 1. The Bertz CT molecular complexity index is 1010. The van der Waals surface area contributed by atoms with Gasteiger partial charge in [-0.25, -0.2) is 0 Å². The smallest absolute Gasteiger partial charge is 0.242 e. The van der Waals surface area contributed by atoms with E-state index in [1.54, 1.807) is 0 Å². The molecule has 1 aromatic heterocycles. The number of rotatable bonds is 6. The second kappa shape index (κ2) is 8.76. The van der Waals surface area contributed by atoms with Crippen molar-refractivity contribution in [3.05, 3.63) is 58.8 Å². The SMILES string of the molecule is NCCCOC1CCN(C(=O)Cn2c3ccccc3c(=O)c3ccccc32)CC1. The molecule has 4 rings (SSSR count). The van der Waals surface area contributed by atoms with Gasteiger partial charge >= 0.3 is 0 Å². The number of fused-ring (bicyclic) bond motifs is 2. The normalized spacial score (nSPS) is 15.3. The summed E-state index contributed by atoms with van der Waals surface area (Å²) in [6.45, 7) is 2.94. The van der Waals surface area contributed by atoms with Gasteiger partial charge in [-0.3, -0.25) is 9.59 Å². The van der Waals surface area contributed by atoms with Crippen LogP contribution in [0.4, 0.5) is 0 Å². The van der Waals surface area contributed by atoms with E-state index in [-0.39, 0.29) is 24.0 Å². The van der Waals surface area contributed by atoms with Crippen LogP contribution in [-0.4, -0.2) is 47.7 Å². The Labute approximate surface area is 169 Å². The van der Waals surface area contributed by atoms with Crippen LogP contribution in [0.15, 0.2) is 53.3 Å². The standard InChI is InChI=1S/C23H27N3O3/c24-12-5-15-29-17-10-13-25(14-11-17)22(27)16-26-20-8-3-1-6-18(20)23(28)19-7-2-4-9-21(19)26/h1-4,6-9,17H,5,10-16,24H2. The van der Waals surface area contributed by atoms with Gasteiger partial charge in [0.1, 0.15) is 6.54 Å². The van der Waals surface area contributed by atoms with E-state index in [9.17, 15) is 9.59 Å². The fraction of sp³-hybridized carbons (Fsp3) is 0.391. The van der Waals surface area contributed by atoms with Gasteiger partial charge in [-0.15, -0.1) is 0 Å². The van der Waals surface area contributed by atoms with Gasteiger partial charge in [0.15, 0.2) is 5.43 Å². The van der Waals surface area contributed by atoms with E-state index in [1.165, 1.54) is 0 Å². The molecule has 0 radical (unpaired) electrons. The number of hydrogen-bond acceptors (Lipinski definition) is 4. The second-order valence-electron chi connectivity index (χ2n) is 7.54. The van der Waals surface area contributed by atoms with E-state index in [1.807, 2.05) is 58.0 Å². The minimum absolute atomic E-state index is 0.00958. The first kappa shape index (κ1) is 19.6. The highest BCUT2D eigenvalue weighted by molar-refractivity contribution is 5.94. The van der Waals surface area contributed by atoms with Crippen molar-refractivity contribution in [3.63, 3.8) is 0 Å². The summed E-state index contributed by atoms with van der Waals surface area (Å²) in [4.78, 5) is 27.8. The van der Waals surface area contributed by atoms with Crippen LogP contribution in [0, 0.1) is 0 Å². The van der Waals surface area contributed by atoms with Crippen molar-refractivity contribution in [1.29, 1.82) is 0 Å². The third-order valence-electron chi connectivity index (χ3n) is 5.67. The van der Waals surface area contributed by atoms with Gasteiger partial charge in [0.05, 0.1) is 17.1 Å². The molecule has 29 heavy (non-hydrogen) atoms. The van der Waals surface area contributed by atoms with E-state index in [4.69, 9.17) is 10.5 Å². The highest BCUT2D eigenvalue weighted by Gasteiger charge is 2.24. The molecule has 2 N–H and O–H groups in total. The number of amides is 1. The molecular weight excluding hydrogens is 366 g/mol. The highest BCUT2D eigenvalue weighted by Crippen LogP contribution is 2.20. The largest absolute Gasteiger partial charge is 0.378 e. The zero-order valence-electron chi connectivity index (χ0n) is 16.5. The summed E-state index contributed by atoms with van der Waals surface area (Å²) in [7, 11) is 0. The lowest BCUT2D eigenvalue weighted by molar-refractivity contribution is -0.134. The maximum Gasteiger partial charge on any atom is 0.242 e. The van der Waals surface area contributed by atoms with Gasteiger partial charge < -0.3 is 19.9 Å². The Balaban J connectivity index is 1.56. The molecule has 152 valence electrons. The number of pyridine rings is 1. The zero-order chi connectivity index (χ0) is 20.2. The van der Waals surface area contributed by atoms with Gasteiger partial charge in [0, 0.05) is 30.5 Å². The lowest BCUT2D eigenvalue weighted by Gasteiger charge is -2.32. The maximum atomic E-state index is 13.1. The van der Waals surface area contributed by atoms with Crippen molar-refractivity contribution in [1.82, 2.24) is 9.47 Å². The average Bonchev–Trinajstić information content (AvgIpc) is 2.77. The molecule has 1 aliphatic heterocycles. The monoisotopic (exact) mass is 393 g/mol. The van der Waals surface area contributed by atoms with Gasteiger partial charge in [0.25, 0.3) is 0 Å². The number of aromatic nitrogens is 1. The molecule has 0 atom stereocenters. The molecule has 6 nitrogen and oxygen atoms in total. The first-order chi connectivity index (χ1) is 14.2. The molecule has 2 heterocycles. The topological polar surface area (TPSA) is 77.6 Å². The van der Waals surface area contributed by atoms with Crippen LogP contribution in [-0.2, 0) is 16.1 Å². The number of carbonyl (C=O) groups excluding carboxylic acids is 1. The average molecular weight is 393 g/mol. The van der Waals surface area contributed by atoms with Crippen LogP contribution in [0.2, 0.25) is 0 Å². The molecule has 0 spiro atoms. The van der Waals surface area contributed by atoms with Crippen LogP contribution in [0.3, 0.4) is 0 Å². The number of ether oxygens (including phenoxy) is 1. The van der Waals surface area contributed by atoms with E-state index in [0.29, 0.717) is 37.0 Å². The Morgan fingerprint density at radius 1 is 1.00 bits per heavy atom. The van der Waals surface area contributed by atoms with Gasteiger partial charge in [-0.1, -0.05) is 24.3 Å². The molecule has 1 saturated heterocycles. The first-order valence-corrected chi connectivity index (χ1v) is 10.3. The van der Waals surface area contributed by atoms with E-state index in [2.05, 4.69) is 0 Å². The lowest BCUT2D eigenvalue weighted by Crippen LogP contribution is -2.42. The van der Waals surface area contributed by atoms with Gasteiger partial charge in [-0.2, -0.15) is 0 Å². The molecule has 6 heteroatoms. The Morgan fingerprint density at radius 3 is 2.17 bits per heavy atom. The number of benzene rings is 2. The Hall–Kier alpha value is -2.70. The molecule has 0 unspecified atom stereocenters. The van der Waals surface area contributed by atoms with Crippen molar-refractivity contribution in [2.24, 2.45) is 5.73 Å². The molecule has 1 aliphatic rings. The van der Waals surface area contributed by atoms with Crippen molar-refractivity contribution in [2.75, 3.05) is 26.2 Å². The molecule has 0 aliphatic carbocycles. The number of carbonyl (C=O) groups is 1. The zero-order valence-corrected chi connectivity index (χ0v) is 16.5. The molecule has 0 saturated carbocycles. The maximum absolute atomic E-state index is 13.1. The Kier molecular flexibility index (Phi) is 5.92. The van der Waals surface area contributed by atoms with Crippen LogP contribution >= 0.6 is 0 Å². The summed E-state index contributed by atoms with van der Waals surface area (Å²) >= 11 is 0.